The van der Waals surface area contributed by atoms with Crippen molar-refractivity contribution in [2.45, 2.75) is 26.7 Å². The van der Waals surface area contributed by atoms with Gasteiger partial charge in [0.25, 0.3) is 0 Å². The second-order valence-electron chi connectivity index (χ2n) is 3.05. The first-order chi connectivity index (χ1) is 6.19. The zero-order chi connectivity index (χ0) is 9.84. The van der Waals surface area contributed by atoms with Gasteiger partial charge in [-0.1, -0.05) is 19.9 Å². The van der Waals surface area contributed by atoms with Crippen LogP contribution in [-0.2, 0) is 6.42 Å². The minimum absolute atomic E-state index is 0.111. The van der Waals surface area contributed by atoms with Crippen molar-refractivity contribution in [2.24, 2.45) is 0 Å². The summed E-state index contributed by atoms with van der Waals surface area (Å²) in [6.07, 6.45) is 1.46. The largest absolute Gasteiger partial charge is 0.398 e. The van der Waals surface area contributed by atoms with E-state index in [1.807, 2.05) is 25.1 Å². The molecule has 0 unspecified atom stereocenters. The van der Waals surface area contributed by atoms with Crippen LogP contribution in [0, 0.1) is 0 Å². The molecule has 0 fully saturated rings. The van der Waals surface area contributed by atoms with Crippen LogP contribution in [0.3, 0.4) is 0 Å². The maximum absolute atomic E-state index is 11.4. The fourth-order valence-corrected chi connectivity index (χ4v) is 1.28. The van der Waals surface area contributed by atoms with E-state index in [1.54, 1.807) is 0 Å². The molecular weight excluding hydrogens is 162 g/mol. The molecule has 2 N–H and O–H groups in total. The summed E-state index contributed by atoms with van der Waals surface area (Å²) in [7, 11) is 0. The number of hydrogen-bond donors (Lipinski definition) is 1. The van der Waals surface area contributed by atoms with Crippen LogP contribution < -0.4 is 5.73 Å². The van der Waals surface area contributed by atoms with Gasteiger partial charge in [-0.05, 0) is 24.1 Å². The molecule has 0 saturated carbocycles. The molecule has 0 saturated heterocycles. The minimum Gasteiger partial charge on any atom is -0.398 e. The van der Waals surface area contributed by atoms with E-state index in [1.165, 1.54) is 5.56 Å². The second-order valence-corrected chi connectivity index (χ2v) is 3.05. The highest BCUT2D eigenvalue weighted by atomic mass is 16.1. The molecule has 1 rings (SSSR count). The first kappa shape index (κ1) is 9.78. The van der Waals surface area contributed by atoms with Gasteiger partial charge in [0.1, 0.15) is 0 Å². The van der Waals surface area contributed by atoms with Crippen LogP contribution in [0.5, 0.6) is 0 Å². The molecular formula is C11H15NO. The minimum atomic E-state index is 0.111. The molecule has 0 heterocycles. The summed E-state index contributed by atoms with van der Waals surface area (Å²) in [5.41, 5.74) is 8.18. The van der Waals surface area contributed by atoms with E-state index in [-0.39, 0.29) is 5.78 Å². The Morgan fingerprint density at radius 2 is 2.08 bits per heavy atom. The van der Waals surface area contributed by atoms with E-state index in [4.69, 9.17) is 5.73 Å². The highest BCUT2D eigenvalue weighted by Crippen LogP contribution is 2.16. The number of anilines is 1. The highest BCUT2D eigenvalue weighted by Gasteiger charge is 2.06. The van der Waals surface area contributed by atoms with Crippen molar-refractivity contribution in [3.63, 3.8) is 0 Å². The SMILES string of the molecule is CCC(=O)c1ccc(CC)cc1N. The van der Waals surface area contributed by atoms with Gasteiger partial charge in [-0.15, -0.1) is 0 Å². The van der Waals surface area contributed by atoms with E-state index in [2.05, 4.69) is 6.92 Å². The van der Waals surface area contributed by atoms with Crippen LogP contribution in [0.4, 0.5) is 5.69 Å². The standard InChI is InChI=1S/C11H15NO/c1-3-8-5-6-9(10(12)7-8)11(13)4-2/h5-7H,3-4,12H2,1-2H3. The Balaban J connectivity index is 3.05. The number of carbonyl (C=O) groups excluding carboxylic acids is 1. The predicted molar refractivity (Wildman–Crippen MR) is 54.9 cm³/mol. The highest BCUT2D eigenvalue weighted by molar-refractivity contribution is 6.00. The molecule has 0 bridgehead atoms. The third kappa shape index (κ3) is 2.08. The fraction of sp³-hybridized carbons (Fsp3) is 0.364. The molecule has 1 aromatic carbocycles. The van der Waals surface area contributed by atoms with Crippen molar-refractivity contribution in [1.29, 1.82) is 0 Å². The van der Waals surface area contributed by atoms with Gasteiger partial charge >= 0.3 is 0 Å². The number of Topliss-reactive ketones (excluding diaryl/α,β-unsaturated/α-hetero) is 1. The lowest BCUT2D eigenvalue weighted by Gasteiger charge is -2.04. The second kappa shape index (κ2) is 4.08. The number of benzene rings is 1. The molecule has 0 aliphatic rings. The average Bonchev–Trinajstić information content (AvgIpc) is 2.16. The van der Waals surface area contributed by atoms with Gasteiger partial charge in [0, 0.05) is 17.7 Å². The molecule has 2 nitrogen and oxygen atoms in total. The normalized spacial score (nSPS) is 10.0. The summed E-state index contributed by atoms with van der Waals surface area (Å²) in [6.45, 7) is 3.91. The molecule has 0 spiro atoms. The van der Waals surface area contributed by atoms with Crippen LogP contribution in [0.2, 0.25) is 0 Å². The van der Waals surface area contributed by atoms with Crippen LogP contribution in [0.1, 0.15) is 36.2 Å². The lowest BCUT2D eigenvalue weighted by molar-refractivity contribution is 0.0989. The molecule has 0 amide bonds. The van der Waals surface area contributed by atoms with E-state index in [0.717, 1.165) is 6.42 Å². The molecule has 2 heteroatoms. The summed E-state index contributed by atoms with van der Waals surface area (Å²) in [4.78, 5) is 11.4. The molecule has 13 heavy (non-hydrogen) atoms. The topological polar surface area (TPSA) is 43.1 Å². The Morgan fingerprint density at radius 1 is 1.38 bits per heavy atom. The Kier molecular flexibility index (Phi) is 3.07. The number of nitrogens with two attached hydrogens (primary N) is 1. The summed E-state index contributed by atoms with van der Waals surface area (Å²) in [5, 5.41) is 0. The molecule has 70 valence electrons. The quantitative estimate of drug-likeness (QED) is 0.569. The van der Waals surface area contributed by atoms with Crippen molar-refractivity contribution in [1.82, 2.24) is 0 Å². The third-order valence-electron chi connectivity index (χ3n) is 2.15. The van der Waals surface area contributed by atoms with Crippen LogP contribution in [0.25, 0.3) is 0 Å². The van der Waals surface area contributed by atoms with E-state index in [9.17, 15) is 4.79 Å². The lowest BCUT2D eigenvalue weighted by Crippen LogP contribution is -2.02. The van der Waals surface area contributed by atoms with E-state index >= 15 is 0 Å². The Bertz CT molecular complexity index is 318. The maximum Gasteiger partial charge on any atom is 0.164 e. The first-order valence-corrected chi connectivity index (χ1v) is 4.60. The van der Waals surface area contributed by atoms with Gasteiger partial charge in [-0.2, -0.15) is 0 Å². The third-order valence-corrected chi connectivity index (χ3v) is 2.15. The Hall–Kier alpha value is -1.31. The van der Waals surface area contributed by atoms with Crippen LogP contribution >= 0.6 is 0 Å². The van der Waals surface area contributed by atoms with E-state index < -0.39 is 0 Å². The van der Waals surface area contributed by atoms with Crippen LogP contribution in [-0.4, -0.2) is 5.78 Å². The van der Waals surface area contributed by atoms with Gasteiger partial charge in [-0.3, -0.25) is 4.79 Å². The summed E-state index contributed by atoms with van der Waals surface area (Å²) < 4.78 is 0. The summed E-state index contributed by atoms with van der Waals surface area (Å²) in [5.74, 6) is 0.111. The number of nitrogen functional groups attached to an aromatic ring is 1. The summed E-state index contributed by atoms with van der Waals surface area (Å²) >= 11 is 0. The number of hydrogen-bond acceptors (Lipinski definition) is 2. The smallest absolute Gasteiger partial charge is 0.164 e. The molecule has 0 radical (unpaired) electrons. The molecule has 0 aliphatic heterocycles. The number of ketones is 1. The number of carbonyl (C=O) groups is 1. The Morgan fingerprint density at radius 3 is 2.54 bits per heavy atom. The molecule has 0 aliphatic carbocycles. The zero-order valence-corrected chi connectivity index (χ0v) is 8.13. The van der Waals surface area contributed by atoms with Crippen molar-refractivity contribution < 1.29 is 4.79 Å². The van der Waals surface area contributed by atoms with Gasteiger partial charge in [-0.25, -0.2) is 0 Å². The maximum atomic E-state index is 11.4. The fourth-order valence-electron chi connectivity index (χ4n) is 1.28. The van der Waals surface area contributed by atoms with Gasteiger partial charge in [0.05, 0.1) is 0 Å². The predicted octanol–water partition coefficient (Wildman–Crippen LogP) is 2.42. The van der Waals surface area contributed by atoms with Gasteiger partial charge in [0.2, 0.25) is 0 Å². The monoisotopic (exact) mass is 177 g/mol. The lowest BCUT2D eigenvalue weighted by atomic mass is 10.0. The van der Waals surface area contributed by atoms with Crippen molar-refractivity contribution in [2.75, 3.05) is 5.73 Å². The molecule has 1 aromatic rings. The molecule has 0 atom stereocenters. The van der Waals surface area contributed by atoms with Crippen molar-refractivity contribution in [3.8, 4) is 0 Å². The zero-order valence-electron chi connectivity index (χ0n) is 8.13. The Labute approximate surface area is 78.8 Å². The first-order valence-electron chi connectivity index (χ1n) is 4.60. The number of aryl methyl sites for hydroxylation is 1. The summed E-state index contributed by atoms with van der Waals surface area (Å²) in [6, 6.07) is 5.65. The van der Waals surface area contributed by atoms with Crippen LogP contribution in [0.15, 0.2) is 18.2 Å². The molecule has 0 aromatic heterocycles. The van der Waals surface area contributed by atoms with Crippen molar-refractivity contribution in [3.05, 3.63) is 29.3 Å². The van der Waals surface area contributed by atoms with Gasteiger partial charge in [0.15, 0.2) is 5.78 Å². The van der Waals surface area contributed by atoms with Crippen molar-refractivity contribution >= 4 is 11.5 Å². The number of rotatable bonds is 3. The average molecular weight is 177 g/mol. The van der Waals surface area contributed by atoms with Gasteiger partial charge < -0.3 is 5.73 Å². The van der Waals surface area contributed by atoms with E-state index in [0.29, 0.717) is 17.7 Å².